The van der Waals surface area contributed by atoms with Crippen molar-refractivity contribution in [3.05, 3.63) is 58.5 Å². The van der Waals surface area contributed by atoms with Crippen LogP contribution in [-0.4, -0.2) is 9.97 Å². The normalized spacial score (nSPS) is 15.0. The van der Waals surface area contributed by atoms with Crippen molar-refractivity contribution in [2.75, 3.05) is 0 Å². The molecule has 2 aromatic rings. The Bertz CT molecular complexity index is 710. The Labute approximate surface area is 111 Å². The lowest BCUT2D eigenvalue weighted by Crippen LogP contribution is -2.11. The highest BCUT2D eigenvalue weighted by Crippen LogP contribution is 2.27. The van der Waals surface area contributed by atoms with Gasteiger partial charge in [0.25, 0.3) is 0 Å². The average molecular weight is 252 g/mol. The number of nitrogens with zero attached hydrogens (tertiary/aromatic N) is 2. The number of aromatic nitrogens is 2. The van der Waals surface area contributed by atoms with Crippen LogP contribution in [0.3, 0.4) is 0 Å². The maximum Gasteiger partial charge on any atom is 0.161 e. The van der Waals surface area contributed by atoms with Gasteiger partial charge in [0, 0.05) is 23.7 Å². The summed E-state index contributed by atoms with van der Waals surface area (Å²) in [5, 5.41) is 0. The van der Waals surface area contributed by atoms with Gasteiger partial charge in [-0.3, -0.25) is 0 Å². The first-order valence-corrected chi connectivity index (χ1v) is 6.37. The molecule has 4 heteroatoms. The van der Waals surface area contributed by atoms with E-state index >= 15 is 0 Å². The number of allylic oxidation sites excluding steroid dienone is 1. The molecule has 0 spiro atoms. The summed E-state index contributed by atoms with van der Waals surface area (Å²) < 4.78 is 0. The summed E-state index contributed by atoms with van der Waals surface area (Å²) in [6.07, 6.45) is 7.53. The Morgan fingerprint density at radius 2 is 2.21 bits per heavy atom. The Morgan fingerprint density at radius 1 is 1.32 bits per heavy atom. The number of nitrogens with two attached hydrogens (primary N) is 1. The van der Waals surface area contributed by atoms with E-state index in [0.717, 1.165) is 41.0 Å². The highest BCUT2D eigenvalue weighted by Gasteiger charge is 2.12. The molecule has 0 aromatic carbocycles. The molecule has 0 amide bonds. The first-order valence-electron chi connectivity index (χ1n) is 6.37. The first-order chi connectivity index (χ1) is 9.24. The number of fused-ring (bicyclic) bond motifs is 1. The molecule has 0 radical (unpaired) electrons. The smallest absolute Gasteiger partial charge is 0.161 e. The second kappa shape index (κ2) is 4.72. The molecule has 3 rings (SSSR count). The molecule has 0 aliphatic heterocycles. The van der Waals surface area contributed by atoms with Gasteiger partial charge in [-0.15, -0.1) is 0 Å². The Kier molecular flexibility index (Phi) is 2.91. The van der Waals surface area contributed by atoms with E-state index in [-0.39, 0.29) is 0 Å². The standard InChI is InChI=1S/C15H16N4/c1-10-3-2-7-17-14(10)19-15-13-9-12(16)5-4-11(13)6-8-18-15/h2-3,6-9H,4-5,16H2,1H3,(H,17,18,19). The van der Waals surface area contributed by atoms with Crippen LogP contribution in [0.4, 0.5) is 5.82 Å². The molecule has 0 fully saturated rings. The van der Waals surface area contributed by atoms with E-state index in [9.17, 15) is 0 Å². The zero-order valence-corrected chi connectivity index (χ0v) is 10.9. The first kappa shape index (κ1) is 11.7. The van der Waals surface area contributed by atoms with Crippen molar-refractivity contribution in [1.82, 2.24) is 9.97 Å². The van der Waals surface area contributed by atoms with E-state index in [4.69, 9.17) is 5.73 Å². The summed E-state index contributed by atoms with van der Waals surface area (Å²) in [5.74, 6) is 0.728. The van der Waals surface area contributed by atoms with E-state index in [1.807, 2.05) is 43.6 Å². The molecule has 0 atom stereocenters. The van der Waals surface area contributed by atoms with Gasteiger partial charge in [0.05, 0.1) is 0 Å². The molecular weight excluding hydrogens is 236 g/mol. The number of pyridine rings is 2. The molecule has 1 aliphatic carbocycles. The van der Waals surface area contributed by atoms with Crippen LogP contribution in [-0.2, 0) is 6.42 Å². The molecule has 1 aliphatic rings. The van der Waals surface area contributed by atoms with Crippen LogP contribution in [0.15, 0.2) is 41.3 Å². The zero-order valence-electron chi connectivity index (χ0n) is 10.9. The van der Waals surface area contributed by atoms with Crippen molar-refractivity contribution in [3.63, 3.8) is 0 Å². The number of aromatic amines is 1. The van der Waals surface area contributed by atoms with Crippen LogP contribution in [0, 0.1) is 6.92 Å². The molecular formula is C15H16N4. The van der Waals surface area contributed by atoms with E-state index in [1.54, 1.807) is 0 Å². The van der Waals surface area contributed by atoms with Gasteiger partial charge < -0.3 is 10.7 Å². The van der Waals surface area contributed by atoms with E-state index in [2.05, 4.69) is 15.0 Å². The number of nitrogens with one attached hydrogen (secondary N) is 1. The highest BCUT2D eigenvalue weighted by atomic mass is 14.9. The van der Waals surface area contributed by atoms with Crippen LogP contribution in [0.5, 0.6) is 0 Å². The van der Waals surface area contributed by atoms with Gasteiger partial charge in [-0.05, 0) is 49.1 Å². The number of hydrogen-bond acceptors (Lipinski definition) is 3. The Hall–Kier alpha value is -2.36. The fourth-order valence-corrected chi connectivity index (χ4v) is 2.24. The van der Waals surface area contributed by atoms with Gasteiger partial charge in [0.2, 0.25) is 0 Å². The minimum atomic E-state index is 0.728. The summed E-state index contributed by atoms with van der Waals surface area (Å²) in [7, 11) is 0. The third-order valence-corrected chi connectivity index (χ3v) is 3.33. The van der Waals surface area contributed by atoms with Crippen molar-refractivity contribution in [2.24, 2.45) is 10.7 Å². The molecule has 0 saturated heterocycles. The molecule has 0 bridgehead atoms. The van der Waals surface area contributed by atoms with Gasteiger partial charge in [-0.2, -0.15) is 0 Å². The van der Waals surface area contributed by atoms with Gasteiger partial charge in [-0.25, -0.2) is 9.98 Å². The molecule has 0 unspecified atom stereocenters. The topological polar surface area (TPSA) is 67.1 Å². The summed E-state index contributed by atoms with van der Waals surface area (Å²) in [5.41, 5.74) is 11.1. The maximum atomic E-state index is 5.93. The Morgan fingerprint density at radius 3 is 3.05 bits per heavy atom. The van der Waals surface area contributed by atoms with Crippen molar-refractivity contribution in [3.8, 4) is 0 Å². The van der Waals surface area contributed by atoms with Crippen LogP contribution in [0.25, 0.3) is 6.08 Å². The van der Waals surface area contributed by atoms with Crippen LogP contribution < -0.4 is 11.2 Å². The second-order valence-corrected chi connectivity index (χ2v) is 4.74. The largest absolute Gasteiger partial charge is 0.402 e. The highest BCUT2D eigenvalue weighted by molar-refractivity contribution is 5.67. The SMILES string of the molecule is Cc1ccc[nH]/c1=N\c1nccc2c1C=C(N)CC2. The summed E-state index contributed by atoms with van der Waals surface area (Å²) in [6, 6.07) is 6.02. The van der Waals surface area contributed by atoms with Crippen molar-refractivity contribution in [2.45, 2.75) is 19.8 Å². The molecule has 19 heavy (non-hydrogen) atoms. The molecule has 96 valence electrons. The summed E-state index contributed by atoms with van der Waals surface area (Å²) in [4.78, 5) is 12.1. The number of rotatable bonds is 1. The number of hydrogen-bond donors (Lipinski definition) is 2. The van der Waals surface area contributed by atoms with Crippen LogP contribution in [0.1, 0.15) is 23.1 Å². The van der Waals surface area contributed by atoms with Crippen molar-refractivity contribution in [1.29, 1.82) is 0 Å². The fraction of sp³-hybridized carbons (Fsp3) is 0.200. The molecule has 3 N–H and O–H groups in total. The number of aryl methyl sites for hydroxylation is 2. The third kappa shape index (κ3) is 2.29. The molecule has 4 nitrogen and oxygen atoms in total. The third-order valence-electron chi connectivity index (χ3n) is 3.33. The van der Waals surface area contributed by atoms with E-state index < -0.39 is 0 Å². The lowest BCUT2D eigenvalue weighted by Gasteiger charge is -2.14. The predicted octanol–water partition coefficient (Wildman–Crippen LogP) is 2.20. The van der Waals surface area contributed by atoms with Crippen LogP contribution >= 0.6 is 0 Å². The lowest BCUT2D eigenvalue weighted by atomic mass is 9.97. The fourth-order valence-electron chi connectivity index (χ4n) is 2.24. The summed E-state index contributed by atoms with van der Waals surface area (Å²) >= 11 is 0. The minimum absolute atomic E-state index is 0.728. The Balaban J connectivity index is 2.19. The minimum Gasteiger partial charge on any atom is -0.402 e. The van der Waals surface area contributed by atoms with E-state index in [0.29, 0.717) is 0 Å². The predicted molar refractivity (Wildman–Crippen MR) is 75.5 cm³/mol. The summed E-state index contributed by atoms with van der Waals surface area (Å²) in [6.45, 7) is 2.02. The zero-order chi connectivity index (χ0) is 13.2. The monoisotopic (exact) mass is 252 g/mol. The lowest BCUT2D eigenvalue weighted by molar-refractivity contribution is 0.906. The van der Waals surface area contributed by atoms with Crippen molar-refractivity contribution >= 4 is 11.9 Å². The van der Waals surface area contributed by atoms with E-state index in [1.165, 1.54) is 5.56 Å². The van der Waals surface area contributed by atoms with Crippen molar-refractivity contribution < 1.29 is 0 Å². The molecule has 2 aromatic heterocycles. The van der Waals surface area contributed by atoms with Crippen LogP contribution in [0.2, 0.25) is 0 Å². The second-order valence-electron chi connectivity index (χ2n) is 4.74. The van der Waals surface area contributed by atoms with Gasteiger partial charge in [0.15, 0.2) is 5.82 Å². The number of H-pyrrole nitrogens is 1. The quantitative estimate of drug-likeness (QED) is 0.817. The van der Waals surface area contributed by atoms with Gasteiger partial charge in [0.1, 0.15) is 5.49 Å². The van der Waals surface area contributed by atoms with Gasteiger partial charge >= 0.3 is 0 Å². The van der Waals surface area contributed by atoms with Gasteiger partial charge in [-0.1, -0.05) is 6.07 Å². The molecule has 2 heterocycles. The average Bonchev–Trinajstić information content (AvgIpc) is 2.42. The maximum absolute atomic E-state index is 5.93. The molecule has 0 saturated carbocycles.